The van der Waals surface area contributed by atoms with Crippen LogP contribution in [0.4, 0.5) is 4.39 Å². The molecule has 3 rings (SSSR count). The number of rotatable bonds is 11. The van der Waals surface area contributed by atoms with Crippen LogP contribution in [-0.4, -0.2) is 29.4 Å². The molecule has 0 saturated heterocycles. The maximum atomic E-state index is 13.2. The van der Waals surface area contributed by atoms with Crippen molar-refractivity contribution in [3.05, 3.63) is 77.6 Å². The third-order valence-corrected chi connectivity index (χ3v) is 5.10. The summed E-state index contributed by atoms with van der Waals surface area (Å²) in [6.07, 6.45) is 1.82. The van der Waals surface area contributed by atoms with Crippen molar-refractivity contribution < 1.29 is 28.9 Å². The Kier molecular flexibility index (Phi) is 8.08. The van der Waals surface area contributed by atoms with E-state index in [1.165, 1.54) is 12.1 Å². The highest BCUT2D eigenvalue weighted by atomic mass is 19.1. The van der Waals surface area contributed by atoms with Crippen LogP contribution in [0.25, 0.3) is 11.1 Å². The summed E-state index contributed by atoms with van der Waals surface area (Å²) >= 11 is 0. The lowest BCUT2D eigenvalue weighted by Crippen LogP contribution is -2.07. The minimum atomic E-state index is -0.839. The first-order chi connectivity index (χ1) is 15.5. The fraction of sp³-hybridized carbons (Fsp3) is 0.269. The van der Waals surface area contributed by atoms with E-state index in [0.29, 0.717) is 43.1 Å². The number of aryl methyl sites for hydroxylation is 2. The Morgan fingerprint density at radius 1 is 0.938 bits per heavy atom. The van der Waals surface area contributed by atoms with Gasteiger partial charge in [0.05, 0.1) is 13.2 Å². The molecule has 0 amide bonds. The number of ether oxygens (including phenoxy) is 2. The first-order valence-corrected chi connectivity index (χ1v) is 10.6. The van der Waals surface area contributed by atoms with Gasteiger partial charge < -0.3 is 19.7 Å². The van der Waals surface area contributed by atoms with Gasteiger partial charge in [0.1, 0.15) is 23.1 Å². The normalized spacial score (nSPS) is 10.7. The number of hydrogen-bond acceptors (Lipinski definition) is 4. The van der Waals surface area contributed by atoms with E-state index < -0.39 is 5.97 Å². The van der Waals surface area contributed by atoms with Crippen molar-refractivity contribution in [1.29, 1.82) is 0 Å². The van der Waals surface area contributed by atoms with Gasteiger partial charge in [-0.2, -0.15) is 0 Å². The third-order valence-electron chi connectivity index (χ3n) is 5.10. The van der Waals surface area contributed by atoms with Crippen LogP contribution in [0.3, 0.4) is 0 Å². The lowest BCUT2D eigenvalue weighted by Gasteiger charge is -2.15. The Hall–Kier alpha value is -3.54. The van der Waals surface area contributed by atoms with Gasteiger partial charge in [-0.25, -0.2) is 4.39 Å². The van der Waals surface area contributed by atoms with Crippen LogP contribution in [-0.2, 0) is 17.6 Å². The first kappa shape index (κ1) is 23.1. The average Bonchev–Trinajstić information content (AvgIpc) is 2.79. The molecule has 0 aliphatic carbocycles. The van der Waals surface area contributed by atoms with Gasteiger partial charge in [0, 0.05) is 24.5 Å². The predicted molar refractivity (Wildman–Crippen MR) is 121 cm³/mol. The maximum absolute atomic E-state index is 13.2. The lowest BCUT2D eigenvalue weighted by atomic mass is 10.00. The highest BCUT2D eigenvalue weighted by Gasteiger charge is 2.12. The molecule has 0 aliphatic rings. The molecule has 0 atom stereocenters. The van der Waals surface area contributed by atoms with Crippen LogP contribution in [0.2, 0.25) is 0 Å². The predicted octanol–water partition coefficient (Wildman–Crippen LogP) is 5.63. The molecule has 0 fully saturated rings. The minimum Gasteiger partial charge on any atom is -0.507 e. The van der Waals surface area contributed by atoms with Crippen LogP contribution in [0, 0.1) is 5.82 Å². The summed E-state index contributed by atoms with van der Waals surface area (Å²) in [4.78, 5) is 10.8. The van der Waals surface area contributed by atoms with Gasteiger partial charge in [-0.1, -0.05) is 37.3 Å². The van der Waals surface area contributed by atoms with Crippen LogP contribution >= 0.6 is 0 Å². The largest absolute Gasteiger partial charge is 0.507 e. The molecule has 0 heterocycles. The smallest absolute Gasteiger partial charge is 0.303 e. The molecule has 6 heteroatoms. The van der Waals surface area contributed by atoms with E-state index in [1.54, 1.807) is 18.2 Å². The molecular formula is C26H27FO5. The van der Waals surface area contributed by atoms with Crippen molar-refractivity contribution in [2.75, 3.05) is 13.2 Å². The second kappa shape index (κ2) is 11.2. The first-order valence-electron chi connectivity index (χ1n) is 10.6. The second-order valence-corrected chi connectivity index (χ2v) is 7.39. The van der Waals surface area contributed by atoms with E-state index in [0.717, 1.165) is 23.1 Å². The highest BCUT2D eigenvalue weighted by molar-refractivity contribution is 5.72. The monoisotopic (exact) mass is 438 g/mol. The summed E-state index contributed by atoms with van der Waals surface area (Å²) in [6, 6.07) is 16.9. The van der Waals surface area contributed by atoms with Gasteiger partial charge in [0.2, 0.25) is 0 Å². The Morgan fingerprint density at radius 2 is 1.62 bits per heavy atom. The molecule has 0 saturated carbocycles. The Balaban J connectivity index is 1.57. The van der Waals surface area contributed by atoms with Crippen molar-refractivity contribution in [3.8, 4) is 28.4 Å². The quantitative estimate of drug-likeness (QED) is 0.380. The Morgan fingerprint density at radius 3 is 2.31 bits per heavy atom. The van der Waals surface area contributed by atoms with Gasteiger partial charge in [-0.3, -0.25) is 4.79 Å². The van der Waals surface area contributed by atoms with Crippen LogP contribution in [0.1, 0.15) is 30.9 Å². The standard InChI is InChI=1S/C26H27FO5/c1-2-18-16-22(19-8-11-21(27)12-9-19)23(28)17-25(18)32-15-5-14-31-24-7-4-3-6-20(24)10-13-26(29)30/h3-4,6-9,11-12,16-17,28H,2,5,10,13-15H2,1H3,(H,29,30). The molecule has 0 bridgehead atoms. The van der Waals surface area contributed by atoms with Gasteiger partial charge in [0.15, 0.2) is 0 Å². The maximum Gasteiger partial charge on any atom is 0.303 e. The zero-order chi connectivity index (χ0) is 22.9. The number of hydrogen-bond donors (Lipinski definition) is 2. The summed E-state index contributed by atoms with van der Waals surface area (Å²) in [6.45, 7) is 2.83. The van der Waals surface area contributed by atoms with E-state index in [2.05, 4.69) is 0 Å². The van der Waals surface area contributed by atoms with Crippen LogP contribution in [0.5, 0.6) is 17.2 Å². The number of benzene rings is 3. The lowest BCUT2D eigenvalue weighted by molar-refractivity contribution is -0.136. The van der Waals surface area contributed by atoms with Crippen molar-refractivity contribution in [3.63, 3.8) is 0 Å². The molecule has 2 N–H and O–H groups in total. The SMILES string of the molecule is CCc1cc(-c2ccc(F)cc2)c(O)cc1OCCCOc1ccccc1CCC(=O)O. The summed E-state index contributed by atoms with van der Waals surface area (Å²) < 4.78 is 24.9. The molecule has 168 valence electrons. The Bertz CT molecular complexity index is 1050. The summed E-state index contributed by atoms with van der Waals surface area (Å²) in [5, 5.41) is 19.4. The summed E-state index contributed by atoms with van der Waals surface area (Å²) in [5.74, 6) is 0.207. The number of phenols is 1. The van der Waals surface area contributed by atoms with E-state index >= 15 is 0 Å². The van der Waals surface area contributed by atoms with E-state index in [1.807, 2.05) is 37.3 Å². The van der Waals surface area contributed by atoms with Crippen molar-refractivity contribution >= 4 is 5.97 Å². The molecule has 0 unspecified atom stereocenters. The van der Waals surface area contributed by atoms with Crippen molar-refractivity contribution in [2.24, 2.45) is 0 Å². The van der Waals surface area contributed by atoms with Gasteiger partial charge in [0.25, 0.3) is 0 Å². The van der Waals surface area contributed by atoms with Gasteiger partial charge >= 0.3 is 5.97 Å². The third kappa shape index (κ3) is 6.23. The fourth-order valence-corrected chi connectivity index (χ4v) is 3.40. The second-order valence-electron chi connectivity index (χ2n) is 7.39. The molecule has 0 aliphatic heterocycles. The molecule has 0 radical (unpaired) electrons. The number of halogens is 1. The van der Waals surface area contributed by atoms with Crippen molar-refractivity contribution in [1.82, 2.24) is 0 Å². The summed E-state index contributed by atoms with van der Waals surface area (Å²) in [5.41, 5.74) is 3.18. The van der Waals surface area contributed by atoms with Crippen LogP contribution in [0.15, 0.2) is 60.7 Å². The fourth-order valence-electron chi connectivity index (χ4n) is 3.40. The highest BCUT2D eigenvalue weighted by Crippen LogP contribution is 2.36. The summed E-state index contributed by atoms with van der Waals surface area (Å²) in [7, 11) is 0. The van der Waals surface area contributed by atoms with Crippen LogP contribution < -0.4 is 9.47 Å². The minimum absolute atomic E-state index is 0.0562. The molecule has 0 spiro atoms. The topological polar surface area (TPSA) is 76.0 Å². The molecule has 0 aromatic heterocycles. The van der Waals surface area contributed by atoms with E-state index in [9.17, 15) is 14.3 Å². The Labute approximate surface area is 187 Å². The number of carboxylic acids is 1. The molecular weight excluding hydrogens is 411 g/mol. The molecule has 3 aromatic carbocycles. The van der Waals surface area contributed by atoms with E-state index in [4.69, 9.17) is 14.6 Å². The number of carbonyl (C=O) groups is 1. The zero-order valence-corrected chi connectivity index (χ0v) is 18.0. The van der Waals surface area contributed by atoms with Crippen molar-refractivity contribution in [2.45, 2.75) is 32.6 Å². The molecule has 3 aromatic rings. The number of aromatic hydroxyl groups is 1. The number of para-hydroxylation sites is 1. The van der Waals surface area contributed by atoms with Gasteiger partial charge in [-0.15, -0.1) is 0 Å². The van der Waals surface area contributed by atoms with E-state index in [-0.39, 0.29) is 18.0 Å². The average molecular weight is 438 g/mol. The molecule has 5 nitrogen and oxygen atoms in total. The number of phenolic OH excluding ortho intramolecular Hbond substituents is 1. The number of carboxylic acid groups (broad SMARTS) is 1. The zero-order valence-electron chi connectivity index (χ0n) is 18.0. The molecule has 32 heavy (non-hydrogen) atoms. The number of aliphatic carboxylic acids is 1. The van der Waals surface area contributed by atoms with Gasteiger partial charge in [-0.05, 0) is 53.8 Å².